The van der Waals surface area contributed by atoms with Crippen LogP contribution in [0.1, 0.15) is 39.0 Å². The minimum absolute atomic E-state index is 0.0584. The van der Waals surface area contributed by atoms with Crippen LogP contribution in [0.2, 0.25) is 5.02 Å². The fraction of sp³-hybridized carbons (Fsp3) is 0.333. The molecule has 1 heterocycles. The molecule has 0 bridgehead atoms. The van der Waals surface area contributed by atoms with Gasteiger partial charge in [-0.05, 0) is 38.5 Å². The summed E-state index contributed by atoms with van der Waals surface area (Å²) >= 11 is 5.98. The van der Waals surface area contributed by atoms with E-state index in [0.29, 0.717) is 27.6 Å². The first-order valence-corrected chi connectivity index (χ1v) is 8.24. The van der Waals surface area contributed by atoms with Crippen molar-refractivity contribution in [2.45, 2.75) is 20.8 Å². The highest BCUT2D eigenvalue weighted by atomic mass is 35.5. The SMILES string of the molecule is CCOC(=O)c1[nH]c(C)c(C(=O)OCCOc2ccccc2Cl)c1C. The molecule has 0 aliphatic heterocycles. The largest absolute Gasteiger partial charge is 0.488 e. The molecule has 25 heavy (non-hydrogen) atoms. The first-order valence-electron chi connectivity index (χ1n) is 7.86. The molecular weight excluding hydrogens is 346 g/mol. The van der Waals surface area contributed by atoms with Crippen molar-refractivity contribution in [3.8, 4) is 5.75 Å². The number of H-pyrrole nitrogens is 1. The number of benzene rings is 1. The average Bonchev–Trinajstić information content (AvgIpc) is 2.88. The van der Waals surface area contributed by atoms with Gasteiger partial charge in [-0.1, -0.05) is 23.7 Å². The number of ether oxygens (including phenoxy) is 3. The summed E-state index contributed by atoms with van der Waals surface area (Å²) in [5.41, 5.74) is 1.66. The molecule has 0 unspecified atom stereocenters. The van der Waals surface area contributed by atoms with Gasteiger partial charge in [-0.25, -0.2) is 9.59 Å². The van der Waals surface area contributed by atoms with E-state index in [1.165, 1.54) is 0 Å². The van der Waals surface area contributed by atoms with E-state index in [2.05, 4.69) is 4.98 Å². The zero-order valence-electron chi connectivity index (χ0n) is 14.3. The van der Waals surface area contributed by atoms with Crippen LogP contribution in [-0.2, 0) is 9.47 Å². The van der Waals surface area contributed by atoms with Crippen molar-refractivity contribution in [3.05, 3.63) is 51.8 Å². The third-order valence-electron chi connectivity index (χ3n) is 3.53. The van der Waals surface area contributed by atoms with Crippen molar-refractivity contribution in [1.29, 1.82) is 0 Å². The minimum atomic E-state index is -0.524. The summed E-state index contributed by atoms with van der Waals surface area (Å²) in [4.78, 5) is 27.0. The standard InChI is InChI=1S/C18H20ClNO5/c1-4-23-18(22)16-11(2)15(12(3)20-16)17(21)25-10-9-24-14-8-6-5-7-13(14)19/h5-8,20H,4,9-10H2,1-3H3. The first-order chi connectivity index (χ1) is 12.0. The molecule has 0 amide bonds. The molecule has 0 aliphatic rings. The molecule has 0 saturated heterocycles. The Morgan fingerprint density at radius 3 is 2.48 bits per heavy atom. The molecule has 1 N–H and O–H groups in total. The Hall–Kier alpha value is -2.47. The van der Waals surface area contributed by atoms with E-state index in [0.717, 1.165) is 0 Å². The number of carbonyl (C=O) groups excluding carboxylic acids is 2. The number of aromatic amines is 1. The van der Waals surface area contributed by atoms with E-state index in [4.69, 9.17) is 25.8 Å². The topological polar surface area (TPSA) is 77.6 Å². The summed E-state index contributed by atoms with van der Waals surface area (Å²) in [5.74, 6) is -0.493. The van der Waals surface area contributed by atoms with Gasteiger partial charge < -0.3 is 19.2 Å². The number of para-hydroxylation sites is 1. The third-order valence-corrected chi connectivity index (χ3v) is 3.84. The second kappa shape index (κ2) is 8.58. The maximum absolute atomic E-state index is 12.3. The number of hydrogen-bond donors (Lipinski definition) is 1. The quantitative estimate of drug-likeness (QED) is 0.598. The zero-order chi connectivity index (χ0) is 18.4. The predicted molar refractivity (Wildman–Crippen MR) is 93.5 cm³/mol. The van der Waals surface area contributed by atoms with Crippen molar-refractivity contribution in [3.63, 3.8) is 0 Å². The molecular formula is C18H20ClNO5. The molecule has 0 aliphatic carbocycles. The summed E-state index contributed by atoms with van der Waals surface area (Å²) < 4.78 is 15.7. The number of carbonyl (C=O) groups is 2. The van der Waals surface area contributed by atoms with Crippen LogP contribution in [0.5, 0.6) is 5.75 Å². The lowest BCUT2D eigenvalue weighted by Gasteiger charge is -2.09. The second-order valence-corrected chi connectivity index (χ2v) is 5.67. The monoisotopic (exact) mass is 365 g/mol. The lowest BCUT2D eigenvalue weighted by Crippen LogP contribution is -2.14. The number of aryl methyl sites for hydroxylation is 1. The first kappa shape index (κ1) is 18.9. The van der Waals surface area contributed by atoms with Gasteiger partial charge in [0.2, 0.25) is 0 Å². The third kappa shape index (κ3) is 4.54. The van der Waals surface area contributed by atoms with Gasteiger partial charge in [0, 0.05) is 5.69 Å². The van der Waals surface area contributed by atoms with Crippen LogP contribution >= 0.6 is 11.6 Å². The minimum Gasteiger partial charge on any atom is -0.488 e. The fourth-order valence-corrected chi connectivity index (χ4v) is 2.57. The van der Waals surface area contributed by atoms with E-state index in [-0.39, 0.29) is 25.5 Å². The van der Waals surface area contributed by atoms with Gasteiger partial charge in [0.15, 0.2) is 0 Å². The highest BCUT2D eigenvalue weighted by Crippen LogP contribution is 2.23. The van der Waals surface area contributed by atoms with Crippen LogP contribution < -0.4 is 4.74 Å². The van der Waals surface area contributed by atoms with E-state index >= 15 is 0 Å². The Kier molecular flexibility index (Phi) is 6.47. The van der Waals surface area contributed by atoms with E-state index in [1.807, 2.05) is 0 Å². The normalized spacial score (nSPS) is 10.4. The van der Waals surface area contributed by atoms with Crippen LogP contribution in [0, 0.1) is 13.8 Å². The molecule has 2 aromatic rings. The van der Waals surface area contributed by atoms with Crippen LogP contribution in [0.3, 0.4) is 0 Å². The molecule has 6 nitrogen and oxygen atoms in total. The maximum atomic E-state index is 12.3. The van der Waals surface area contributed by atoms with Gasteiger partial charge >= 0.3 is 11.9 Å². The molecule has 7 heteroatoms. The van der Waals surface area contributed by atoms with Crippen molar-refractivity contribution < 1.29 is 23.8 Å². The van der Waals surface area contributed by atoms with Crippen LogP contribution in [0.25, 0.3) is 0 Å². The highest BCUT2D eigenvalue weighted by Gasteiger charge is 2.23. The molecule has 0 radical (unpaired) electrons. The number of halogens is 1. The van der Waals surface area contributed by atoms with Crippen molar-refractivity contribution >= 4 is 23.5 Å². The lowest BCUT2D eigenvalue weighted by molar-refractivity contribution is 0.0449. The summed E-state index contributed by atoms with van der Waals surface area (Å²) in [6, 6.07) is 7.05. The number of nitrogens with one attached hydrogen (secondary N) is 1. The van der Waals surface area contributed by atoms with Crippen molar-refractivity contribution in [2.24, 2.45) is 0 Å². The van der Waals surface area contributed by atoms with Crippen LogP contribution in [0.15, 0.2) is 24.3 Å². The van der Waals surface area contributed by atoms with Gasteiger partial charge in [0.25, 0.3) is 0 Å². The smallest absolute Gasteiger partial charge is 0.355 e. The van der Waals surface area contributed by atoms with Crippen molar-refractivity contribution in [1.82, 2.24) is 4.98 Å². The van der Waals surface area contributed by atoms with Gasteiger partial charge in [0.05, 0.1) is 17.2 Å². The molecule has 1 aromatic carbocycles. The second-order valence-electron chi connectivity index (χ2n) is 5.26. The Balaban J connectivity index is 1.95. The Morgan fingerprint density at radius 1 is 1.08 bits per heavy atom. The lowest BCUT2D eigenvalue weighted by atomic mass is 10.1. The zero-order valence-corrected chi connectivity index (χ0v) is 15.1. The molecule has 134 valence electrons. The van der Waals surface area contributed by atoms with Gasteiger partial charge in [-0.15, -0.1) is 0 Å². The summed E-state index contributed by atoms with van der Waals surface area (Å²) in [6.45, 7) is 5.58. The highest BCUT2D eigenvalue weighted by molar-refractivity contribution is 6.32. The average molecular weight is 366 g/mol. The van der Waals surface area contributed by atoms with E-state index in [1.54, 1.807) is 45.0 Å². The molecule has 0 saturated carbocycles. The summed E-state index contributed by atoms with van der Waals surface area (Å²) in [6.07, 6.45) is 0. The number of rotatable bonds is 7. The van der Waals surface area contributed by atoms with Gasteiger partial charge in [-0.2, -0.15) is 0 Å². The molecule has 1 aromatic heterocycles. The Bertz CT molecular complexity index is 769. The maximum Gasteiger partial charge on any atom is 0.355 e. The van der Waals surface area contributed by atoms with Gasteiger partial charge in [-0.3, -0.25) is 0 Å². The number of hydrogen-bond acceptors (Lipinski definition) is 5. The fourth-order valence-electron chi connectivity index (χ4n) is 2.38. The van der Waals surface area contributed by atoms with E-state index < -0.39 is 11.9 Å². The van der Waals surface area contributed by atoms with Crippen LogP contribution in [0.4, 0.5) is 0 Å². The predicted octanol–water partition coefficient (Wildman–Crippen LogP) is 3.70. The number of esters is 2. The molecule has 0 fully saturated rings. The van der Waals surface area contributed by atoms with Gasteiger partial charge in [0.1, 0.15) is 24.7 Å². The summed E-state index contributed by atoms with van der Waals surface area (Å²) in [7, 11) is 0. The van der Waals surface area contributed by atoms with E-state index in [9.17, 15) is 9.59 Å². The Labute approximate surface area is 151 Å². The molecule has 2 rings (SSSR count). The van der Waals surface area contributed by atoms with Crippen molar-refractivity contribution in [2.75, 3.05) is 19.8 Å². The van der Waals surface area contributed by atoms with Crippen LogP contribution in [-0.4, -0.2) is 36.7 Å². The number of aromatic nitrogens is 1. The summed E-state index contributed by atoms with van der Waals surface area (Å²) in [5, 5.41) is 0.491. The molecule has 0 atom stereocenters. The Morgan fingerprint density at radius 2 is 1.80 bits per heavy atom. The molecule has 0 spiro atoms.